The maximum atomic E-state index is 4.65. The Hall–Kier alpha value is -2.14. The highest BCUT2D eigenvalue weighted by molar-refractivity contribution is 5.57. The van der Waals surface area contributed by atoms with E-state index < -0.39 is 0 Å². The minimum atomic E-state index is 0.674. The van der Waals surface area contributed by atoms with Crippen LogP contribution < -0.4 is 15.5 Å². The average molecular weight is 295 g/mol. The van der Waals surface area contributed by atoms with Crippen LogP contribution in [-0.4, -0.2) is 29.6 Å². The molecule has 114 valence electrons. The van der Waals surface area contributed by atoms with Crippen LogP contribution in [0.2, 0.25) is 0 Å². The maximum Gasteiger partial charge on any atom is 0.229 e. The fraction of sp³-hybridized carbons (Fsp3) is 0.412. The van der Waals surface area contributed by atoms with Crippen molar-refractivity contribution in [3.63, 3.8) is 0 Å². The second-order valence-corrected chi connectivity index (χ2v) is 5.97. The zero-order valence-electron chi connectivity index (χ0n) is 12.7. The number of aromatic nitrogens is 2. The number of benzene rings is 1. The van der Waals surface area contributed by atoms with Crippen molar-refractivity contribution in [1.29, 1.82) is 0 Å². The zero-order chi connectivity index (χ0) is 14.8. The summed E-state index contributed by atoms with van der Waals surface area (Å²) in [5.41, 5.74) is 3.86. The molecule has 0 atom stereocenters. The normalized spacial score (nSPS) is 17.4. The molecule has 3 heterocycles. The van der Waals surface area contributed by atoms with E-state index >= 15 is 0 Å². The van der Waals surface area contributed by atoms with Gasteiger partial charge in [-0.05, 0) is 55.1 Å². The molecule has 1 aromatic carbocycles. The van der Waals surface area contributed by atoms with Gasteiger partial charge < -0.3 is 15.5 Å². The summed E-state index contributed by atoms with van der Waals surface area (Å²) in [6, 6.07) is 8.53. The Balaban J connectivity index is 1.54. The van der Waals surface area contributed by atoms with Gasteiger partial charge in [-0.25, -0.2) is 4.98 Å². The molecule has 4 rings (SSSR count). The summed E-state index contributed by atoms with van der Waals surface area (Å²) in [5.74, 6) is 1.70. The first kappa shape index (κ1) is 13.5. The lowest BCUT2D eigenvalue weighted by molar-refractivity contribution is 0.644. The molecule has 0 saturated carbocycles. The molecule has 2 aliphatic rings. The summed E-state index contributed by atoms with van der Waals surface area (Å²) in [5, 5.41) is 6.75. The lowest BCUT2D eigenvalue weighted by Gasteiger charge is -2.19. The largest absolute Gasteiger partial charge is 0.356 e. The molecule has 5 nitrogen and oxygen atoms in total. The van der Waals surface area contributed by atoms with Crippen molar-refractivity contribution in [2.75, 3.05) is 29.9 Å². The predicted molar refractivity (Wildman–Crippen MR) is 88.6 cm³/mol. The number of fused-ring (bicyclic) bond motifs is 1. The summed E-state index contributed by atoms with van der Waals surface area (Å²) in [7, 11) is 0. The molecule has 1 fully saturated rings. The second-order valence-electron chi connectivity index (χ2n) is 5.97. The summed E-state index contributed by atoms with van der Waals surface area (Å²) in [6.07, 6.45) is 5.45. The summed E-state index contributed by atoms with van der Waals surface area (Å²) < 4.78 is 0. The standard InChI is InChI=1S/C17H21N5/c1-2-10-22(9-1)16-6-8-19-17(21-16)20-15-4-3-13-5-7-18-12-14(13)11-15/h3-4,6,8,11,18H,1-2,5,7,9-10,12H2,(H,19,20,21). The van der Waals surface area contributed by atoms with E-state index in [1.807, 2.05) is 12.3 Å². The van der Waals surface area contributed by atoms with Gasteiger partial charge in [0.2, 0.25) is 5.95 Å². The van der Waals surface area contributed by atoms with Crippen LogP contribution >= 0.6 is 0 Å². The van der Waals surface area contributed by atoms with Crippen LogP contribution in [0.25, 0.3) is 0 Å². The van der Waals surface area contributed by atoms with Gasteiger partial charge in [0.1, 0.15) is 5.82 Å². The van der Waals surface area contributed by atoms with Gasteiger partial charge >= 0.3 is 0 Å². The molecule has 0 amide bonds. The molecule has 0 radical (unpaired) electrons. The monoisotopic (exact) mass is 295 g/mol. The minimum absolute atomic E-state index is 0.674. The highest BCUT2D eigenvalue weighted by Crippen LogP contribution is 2.23. The lowest BCUT2D eigenvalue weighted by atomic mass is 10.0. The molecule has 0 bridgehead atoms. The van der Waals surface area contributed by atoms with Gasteiger partial charge in [-0.15, -0.1) is 0 Å². The molecular formula is C17H21N5. The van der Waals surface area contributed by atoms with Gasteiger partial charge in [-0.2, -0.15) is 4.98 Å². The Morgan fingerprint density at radius 2 is 2.00 bits per heavy atom. The molecule has 2 N–H and O–H groups in total. The van der Waals surface area contributed by atoms with E-state index in [0.717, 1.165) is 44.1 Å². The van der Waals surface area contributed by atoms with Gasteiger partial charge in [0.05, 0.1) is 0 Å². The molecule has 22 heavy (non-hydrogen) atoms. The minimum Gasteiger partial charge on any atom is -0.356 e. The molecule has 2 aliphatic heterocycles. The van der Waals surface area contributed by atoms with Crippen LogP contribution in [0.15, 0.2) is 30.5 Å². The van der Waals surface area contributed by atoms with Crippen LogP contribution in [0.5, 0.6) is 0 Å². The predicted octanol–water partition coefficient (Wildman–Crippen LogP) is 2.47. The highest BCUT2D eigenvalue weighted by Gasteiger charge is 2.14. The zero-order valence-corrected chi connectivity index (χ0v) is 12.7. The van der Waals surface area contributed by atoms with Crippen LogP contribution in [0.3, 0.4) is 0 Å². The Bertz CT molecular complexity index is 664. The molecule has 2 aromatic rings. The number of nitrogens with one attached hydrogen (secondary N) is 2. The number of hydrogen-bond acceptors (Lipinski definition) is 5. The van der Waals surface area contributed by atoms with Gasteiger partial charge in [-0.3, -0.25) is 0 Å². The summed E-state index contributed by atoms with van der Waals surface area (Å²) in [4.78, 5) is 11.3. The number of hydrogen-bond donors (Lipinski definition) is 2. The third kappa shape index (κ3) is 2.76. The van der Waals surface area contributed by atoms with E-state index in [1.54, 1.807) is 0 Å². The first-order valence-corrected chi connectivity index (χ1v) is 8.06. The van der Waals surface area contributed by atoms with Crippen molar-refractivity contribution in [1.82, 2.24) is 15.3 Å². The molecule has 1 saturated heterocycles. The highest BCUT2D eigenvalue weighted by atomic mass is 15.2. The maximum absolute atomic E-state index is 4.65. The molecule has 0 aliphatic carbocycles. The van der Waals surface area contributed by atoms with Crippen molar-refractivity contribution in [2.24, 2.45) is 0 Å². The molecule has 0 unspecified atom stereocenters. The van der Waals surface area contributed by atoms with Crippen LogP contribution in [0.4, 0.5) is 17.5 Å². The van der Waals surface area contributed by atoms with Crippen molar-refractivity contribution in [3.05, 3.63) is 41.6 Å². The van der Waals surface area contributed by atoms with E-state index in [0.29, 0.717) is 5.95 Å². The molecule has 1 aromatic heterocycles. The number of anilines is 3. The van der Waals surface area contributed by atoms with Crippen molar-refractivity contribution >= 4 is 17.5 Å². The number of rotatable bonds is 3. The van der Waals surface area contributed by atoms with E-state index in [4.69, 9.17) is 0 Å². The topological polar surface area (TPSA) is 53.1 Å². The van der Waals surface area contributed by atoms with E-state index in [2.05, 4.69) is 43.7 Å². The Morgan fingerprint density at radius 1 is 1.09 bits per heavy atom. The van der Waals surface area contributed by atoms with Crippen molar-refractivity contribution < 1.29 is 0 Å². The van der Waals surface area contributed by atoms with Crippen molar-refractivity contribution in [2.45, 2.75) is 25.8 Å². The second kappa shape index (κ2) is 5.93. The molecule has 0 spiro atoms. The molecular weight excluding hydrogens is 274 g/mol. The first-order valence-electron chi connectivity index (χ1n) is 8.06. The Kier molecular flexibility index (Phi) is 3.64. The third-order valence-electron chi connectivity index (χ3n) is 4.42. The van der Waals surface area contributed by atoms with Gasteiger partial charge in [0.15, 0.2) is 0 Å². The van der Waals surface area contributed by atoms with E-state index in [9.17, 15) is 0 Å². The van der Waals surface area contributed by atoms with E-state index in [-0.39, 0.29) is 0 Å². The first-order chi connectivity index (χ1) is 10.9. The van der Waals surface area contributed by atoms with Gasteiger partial charge in [0, 0.05) is 31.5 Å². The Morgan fingerprint density at radius 3 is 2.91 bits per heavy atom. The number of nitrogens with zero attached hydrogens (tertiary/aromatic N) is 3. The fourth-order valence-corrected chi connectivity index (χ4v) is 3.22. The Labute approximate surface area is 130 Å². The van der Waals surface area contributed by atoms with E-state index in [1.165, 1.54) is 24.0 Å². The van der Waals surface area contributed by atoms with Crippen LogP contribution in [0.1, 0.15) is 24.0 Å². The van der Waals surface area contributed by atoms with Crippen LogP contribution in [-0.2, 0) is 13.0 Å². The van der Waals surface area contributed by atoms with Crippen molar-refractivity contribution in [3.8, 4) is 0 Å². The average Bonchev–Trinajstić information content (AvgIpc) is 3.10. The smallest absolute Gasteiger partial charge is 0.229 e. The molecule has 5 heteroatoms. The van der Waals surface area contributed by atoms with Crippen LogP contribution in [0, 0.1) is 0 Å². The fourth-order valence-electron chi connectivity index (χ4n) is 3.22. The summed E-state index contributed by atoms with van der Waals surface area (Å²) >= 11 is 0. The van der Waals surface area contributed by atoms with Gasteiger partial charge in [-0.1, -0.05) is 6.07 Å². The SMILES string of the molecule is c1cc(N2CCCC2)nc(Nc2ccc3c(c2)CNCC3)n1. The quantitative estimate of drug-likeness (QED) is 0.911. The third-order valence-corrected chi connectivity index (χ3v) is 4.42. The lowest BCUT2D eigenvalue weighted by Crippen LogP contribution is -2.23. The van der Waals surface area contributed by atoms with Gasteiger partial charge in [0.25, 0.3) is 0 Å². The summed E-state index contributed by atoms with van der Waals surface area (Å²) in [6.45, 7) is 4.21.